The van der Waals surface area contributed by atoms with Gasteiger partial charge in [0.15, 0.2) is 6.10 Å². The molecule has 0 fully saturated rings. The van der Waals surface area contributed by atoms with Gasteiger partial charge in [0.25, 0.3) is 0 Å². The molecule has 0 heterocycles. The smallest absolute Gasteiger partial charge is 0.335 e. The fourth-order valence-corrected chi connectivity index (χ4v) is 1.64. The van der Waals surface area contributed by atoms with Crippen LogP contribution in [0.25, 0.3) is 0 Å². The molecule has 0 aromatic heterocycles. The van der Waals surface area contributed by atoms with E-state index in [1.165, 1.54) is 18.2 Å². The molecule has 1 N–H and O–H groups in total. The van der Waals surface area contributed by atoms with Crippen LogP contribution in [0.4, 0.5) is 4.39 Å². The second-order valence-electron chi connectivity index (χ2n) is 3.22. The predicted molar refractivity (Wildman–Crippen MR) is 60.4 cm³/mol. The van der Waals surface area contributed by atoms with Gasteiger partial charge in [-0.3, -0.25) is 0 Å². The van der Waals surface area contributed by atoms with Crippen LogP contribution in [-0.4, -0.2) is 23.8 Å². The number of aliphatic hydroxyl groups excluding tert-OH is 1. The summed E-state index contributed by atoms with van der Waals surface area (Å²) in [6.07, 6.45) is -1.10. The Morgan fingerprint density at radius 2 is 2.31 bits per heavy atom. The summed E-state index contributed by atoms with van der Waals surface area (Å²) < 4.78 is 17.9. The van der Waals surface area contributed by atoms with Crippen molar-refractivity contribution in [3.63, 3.8) is 0 Å². The Kier molecular flexibility index (Phi) is 4.89. The van der Waals surface area contributed by atoms with Gasteiger partial charge in [0.05, 0.1) is 11.1 Å². The minimum atomic E-state index is -1.21. The number of carbonyl (C=O) groups is 1. The molecule has 0 amide bonds. The van der Waals surface area contributed by atoms with E-state index in [4.69, 9.17) is 0 Å². The predicted octanol–water partition coefficient (Wildman–Crippen LogP) is 2.05. The standard InChI is InChI=1S/C11H12BrFO3/c1-2-16-11(15)10(14)6-7-3-4-9(13)8(12)5-7/h3-5,10,14H,2,6H2,1H3. The normalized spacial score (nSPS) is 12.2. The average Bonchev–Trinajstić information content (AvgIpc) is 2.24. The van der Waals surface area contributed by atoms with E-state index in [1.807, 2.05) is 0 Å². The van der Waals surface area contributed by atoms with Gasteiger partial charge in [-0.15, -0.1) is 0 Å². The van der Waals surface area contributed by atoms with Crippen LogP contribution in [0.5, 0.6) is 0 Å². The largest absolute Gasteiger partial charge is 0.464 e. The maximum atomic E-state index is 12.9. The number of ether oxygens (including phenoxy) is 1. The summed E-state index contributed by atoms with van der Waals surface area (Å²) in [4.78, 5) is 11.1. The van der Waals surface area contributed by atoms with Crippen molar-refractivity contribution in [3.05, 3.63) is 34.1 Å². The van der Waals surface area contributed by atoms with E-state index in [2.05, 4.69) is 20.7 Å². The van der Waals surface area contributed by atoms with Crippen LogP contribution < -0.4 is 0 Å². The Morgan fingerprint density at radius 3 is 2.88 bits per heavy atom. The van der Waals surface area contributed by atoms with Gasteiger partial charge < -0.3 is 9.84 Å². The van der Waals surface area contributed by atoms with Gasteiger partial charge in [-0.1, -0.05) is 6.07 Å². The first-order valence-corrected chi connectivity index (χ1v) is 5.62. The highest BCUT2D eigenvalue weighted by atomic mass is 79.9. The number of hydrogen-bond donors (Lipinski definition) is 1. The zero-order valence-electron chi connectivity index (χ0n) is 8.74. The van der Waals surface area contributed by atoms with Crippen LogP contribution in [0.3, 0.4) is 0 Å². The molecule has 1 rings (SSSR count). The Hall–Kier alpha value is -0.940. The van der Waals surface area contributed by atoms with Crippen molar-refractivity contribution >= 4 is 21.9 Å². The van der Waals surface area contributed by atoms with Crippen LogP contribution >= 0.6 is 15.9 Å². The Morgan fingerprint density at radius 1 is 1.62 bits per heavy atom. The monoisotopic (exact) mass is 290 g/mol. The first-order valence-electron chi connectivity index (χ1n) is 4.83. The van der Waals surface area contributed by atoms with Gasteiger partial charge >= 0.3 is 5.97 Å². The zero-order chi connectivity index (χ0) is 12.1. The molecule has 0 bridgehead atoms. The molecule has 1 unspecified atom stereocenters. The maximum absolute atomic E-state index is 12.9. The highest BCUT2D eigenvalue weighted by Crippen LogP contribution is 2.17. The second kappa shape index (κ2) is 5.96. The van der Waals surface area contributed by atoms with E-state index in [0.717, 1.165) is 0 Å². The molecule has 3 nitrogen and oxygen atoms in total. The second-order valence-corrected chi connectivity index (χ2v) is 4.07. The van der Waals surface area contributed by atoms with Crippen molar-refractivity contribution in [2.45, 2.75) is 19.4 Å². The Balaban J connectivity index is 2.66. The number of hydrogen-bond acceptors (Lipinski definition) is 3. The van der Waals surface area contributed by atoms with E-state index in [1.54, 1.807) is 6.92 Å². The number of benzene rings is 1. The molecule has 0 aliphatic heterocycles. The lowest BCUT2D eigenvalue weighted by Crippen LogP contribution is -2.25. The van der Waals surface area contributed by atoms with Crippen molar-refractivity contribution in [1.29, 1.82) is 0 Å². The Labute approximate surface area is 101 Å². The summed E-state index contributed by atoms with van der Waals surface area (Å²) >= 11 is 3.03. The lowest BCUT2D eigenvalue weighted by Gasteiger charge is -2.09. The van der Waals surface area contributed by atoms with Crippen LogP contribution in [0.1, 0.15) is 12.5 Å². The topological polar surface area (TPSA) is 46.5 Å². The molecule has 0 saturated carbocycles. The molecule has 1 aromatic carbocycles. The SMILES string of the molecule is CCOC(=O)C(O)Cc1ccc(F)c(Br)c1. The zero-order valence-corrected chi connectivity index (χ0v) is 10.3. The number of rotatable bonds is 4. The van der Waals surface area contributed by atoms with E-state index in [-0.39, 0.29) is 18.8 Å². The molecule has 0 aliphatic carbocycles. The fraction of sp³-hybridized carbons (Fsp3) is 0.364. The quantitative estimate of drug-likeness (QED) is 0.864. The summed E-state index contributed by atoms with van der Waals surface area (Å²) in [5.74, 6) is -1.04. The van der Waals surface area contributed by atoms with Crippen molar-refractivity contribution in [2.24, 2.45) is 0 Å². The van der Waals surface area contributed by atoms with E-state index in [0.29, 0.717) is 10.0 Å². The average molecular weight is 291 g/mol. The third-order valence-electron chi connectivity index (χ3n) is 1.97. The van der Waals surface area contributed by atoms with Crippen molar-refractivity contribution < 1.29 is 19.0 Å². The number of halogens is 2. The lowest BCUT2D eigenvalue weighted by molar-refractivity contribution is -0.152. The molecule has 0 saturated heterocycles. The van der Waals surface area contributed by atoms with Gasteiger partial charge in [0.1, 0.15) is 5.82 Å². The lowest BCUT2D eigenvalue weighted by atomic mass is 10.1. The summed E-state index contributed by atoms with van der Waals surface area (Å²) in [6.45, 7) is 1.89. The Bertz CT molecular complexity index is 381. The fourth-order valence-electron chi connectivity index (χ4n) is 1.21. The molecule has 1 atom stereocenters. The first-order chi connectivity index (χ1) is 7.54. The molecule has 88 valence electrons. The summed E-state index contributed by atoms with van der Waals surface area (Å²) in [5, 5.41) is 9.48. The van der Waals surface area contributed by atoms with E-state index >= 15 is 0 Å². The molecule has 16 heavy (non-hydrogen) atoms. The number of esters is 1. The number of carbonyl (C=O) groups excluding carboxylic acids is 1. The van der Waals surface area contributed by atoms with Gasteiger partial charge in [-0.2, -0.15) is 0 Å². The molecular weight excluding hydrogens is 279 g/mol. The molecular formula is C11H12BrFO3. The minimum absolute atomic E-state index is 0.109. The molecule has 5 heteroatoms. The summed E-state index contributed by atoms with van der Waals surface area (Å²) in [5.41, 5.74) is 0.661. The van der Waals surface area contributed by atoms with Crippen molar-refractivity contribution in [2.75, 3.05) is 6.61 Å². The number of aliphatic hydroxyl groups is 1. The molecule has 0 aliphatic rings. The highest BCUT2D eigenvalue weighted by Gasteiger charge is 2.16. The molecule has 0 spiro atoms. The van der Waals surface area contributed by atoms with Crippen LogP contribution in [-0.2, 0) is 16.0 Å². The maximum Gasteiger partial charge on any atom is 0.335 e. The third-order valence-corrected chi connectivity index (χ3v) is 2.58. The van der Waals surface area contributed by atoms with Crippen LogP contribution in [0, 0.1) is 5.82 Å². The van der Waals surface area contributed by atoms with Gasteiger partial charge in [-0.25, -0.2) is 9.18 Å². The first kappa shape index (κ1) is 13.1. The van der Waals surface area contributed by atoms with Gasteiger partial charge in [0, 0.05) is 6.42 Å². The van der Waals surface area contributed by atoms with Crippen molar-refractivity contribution in [3.8, 4) is 0 Å². The van der Waals surface area contributed by atoms with Crippen LogP contribution in [0.2, 0.25) is 0 Å². The molecule has 0 radical (unpaired) electrons. The van der Waals surface area contributed by atoms with Crippen LogP contribution in [0.15, 0.2) is 22.7 Å². The van der Waals surface area contributed by atoms with E-state index < -0.39 is 12.1 Å². The van der Waals surface area contributed by atoms with E-state index in [9.17, 15) is 14.3 Å². The summed E-state index contributed by atoms with van der Waals surface area (Å²) in [6, 6.07) is 4.32. The summed E-state index contributed by atoms with van der Waals surface area (Å²) in [7, 11) is 0. The van der Waals surface area contributed by atoms with Gasteiger partial charge in [0.2, 0.25) is 0 Å². The highest BCUT2D eigenvalue weighted by molar-refractivity contribution is 9.10. The minimum Gasteiger partial charge on any atom is -0.464 e. The van der Waals surface area contributed by atoms with Gasteiger partial charge in [-0.05, 0) is 40.5 Å². The third kappa shape index (κ3) is 3.57. The van der Waals surface area contributed by atoms with Crippen molar-refractivity contribution in [1.82, 2.24) is 0 Å². The molecule has 1 aromatic rings.